The standard InChI is InChI=1S/C14H23NS/c1-11(15-14(2,3)4)10-12-8-6-7-9-13(12)16-5/h6-9,11,15H,10H2,1-5H3. The molecule has 0 fully saturated rings. The second-order valence-electron chi connectivity index (χ2n) is 5.31. The van der Waals surface area contributed by atoms with E-state index in [0.717, 1.165) is 6.42 Å². The van der Waals surface area contributed by atoms with Crippen LogP contribution in [0.2, 0.25) is 0 Å². The molecule has 0 saturated heterocycles. The Hall–Kier alpha value is -0.470. The van der Waals surface area contributed by atoms with Crippen molar-refractivity contribution in [1.82, 2.24) is 5.32 Å². The molecule has 0 amide bonds. The third kappa shape index (κ3) is 4.58. The molecule has 0 aliphatic heterocycles. The maximum Gasteiger partial charge on any atom is 0.0102 e. The molecule has 1 unspecified atom stereocenters. The van der Waals surface area contributed by atoms with E-state index in [9.17, 15) is 0 Å². The maximum atomic E-state index is 3.61. The van der Waals surface area contributed by atoms with Crippen LogP contribution in [-0.4, -0.2) is 17.8 Å². The highest BCUT2D eigenvalue weighted by molar-refractivity contribution is 7.98. The van der Waals surface area contributed by atoms with E-state index >= 15 is 0 Å². The van der Waals surface area contributed by atoms with Crippen molar-refractivity contribution >= 4 is 11.8 Å². The molecule has 0 bridgehead atoms. The van der Waals surface area contributed by atoms with Gasteiger partial charge in [-0.15, -0.1) is 11.8 Å². The zero-order chi connectivity index (χ0) is 12.2. The highest BCUT2D eigenvalue weighted by atomic mass is 32.2. The van der Waals surface area contributed by atoms with E-state index in [-0.39, 0.29) is 5.54 Å². The summed E-state index contributed by atoms with van der Waals surface area (Å²) in [5.74, 6) is 0. The average Bonchev–Trinajstić information content (AvgIpc) is 2.15. The summed E-state index contributed by atoms with van der Waals surface area (Å²) in [6, 6.07) is 9.17. The fraction of sp³-hybridized carbons (Fsp3) is 0.571. The van der Waals surface area contributed by atoms with Crippen LogP contribution in [0.5, 0.6) is 0 Å². The van der Waals surface area contributed by atoms with Crippen molar-refractivity contribution in [3.8, 4) is 0 Å². The van der Waals surface area contributed by atoms with E-state index in [2.05, 4.69) is 63.5 Å². The topological polar surface area (TPSA) is 12.0 Å². The first kappa shape index (κ1) is 13.6. The molecular formula is C14H23NS. The number of benzene rings is 1. The molecule has 0 aliphatic rings. The van der Waals surface area contributed by atoms with Gasteiger partial charge in [0.2, 0.25) is 0 Å². The van der Waals surface area contributed by atoms with Crippen molar-refractivity contribution in [2.75, 3.05) is 6.26 Å². The van der Waals surface area contributed by atoms with Crippen LogP contribution in [-0.2, 0) is 6.42 Å². The molecule has 0 saturated carbocycles. The second kappa shape index (κ2) is 5.74. The van der Waals surface area contributed by atoms with Gasteiger partial charge >= 0.3 is 0 Å². The van der Waals surface area contributed by atoms with Gasteiger partial charge in [0.05, 0.1) is 0 Å². The van der Waals surface area contributed by atoms with Gasteiger partial charge in [-0.25, -0.2) is 0 Å². The third-order valence-corrected chi connectivity index (χ3v) is 3.24. The number of rotatable bonds is 4. The lowest BCUT2D eigenvalue weighted by Crippen LogP contribution is -2.43. The molecule has 1 nitrogen and oxygen atoms in total. The number of nitrogens with one attached hydrogen (secondary N) is 1. The van der Waals surface area contributed by atoms with Crippen LogP contribution in [0.15, 0.2) is 29.2 Å². The van der Waals surface area contributed by atoms with Gasteiger partial charge in [0, 0.05) is 16.5 Å². The van der Waals surface area contributed by atoms with Crippen molar-refractivity contribution in [1.29, 1.82) is 0 Å². The Morgan fingerprint density at radius 2 is 1.88 bits per heavy atom. The Labute approximate surface area is 104 Å². The highest BCUT2D eigenvalue weighted by Gasteiger charge is 2.14. The molecule has 0 spiro atoms. The minimum Gasteiger partial charge on any atom is -0.309 e. The molecule has 1 aromatic rings. The van der Waals surface area contributed by atoms with Crippen LogP contribution in [0.3, 0.4) is 0 Å². The largest absolute Gasteiger partial charge is 0.309 e. The Bertz CT molecular complexity index is 328. The number of thioether (sulfide) groups is 1. The number of hydrogen-bond acceptors (Lipinski definition) is 2. The fourth-order valence-electron chi connectivity index (χ4n) is 1.99. The van der Waals surface area contributed by atoms with Gasteiger partial charge in [-0.3, -0.25) is 0 Å². The van der Waals surface area contributed by atoms with Crippen molar-refractivity contribution in [2.24, 2.45) is 0 Å². The van der Waals surface area contributed by atoms with Crippen LogP contribution in [0, 0.1) is 0 Å². The molecule has 0 radical (unpaired) electrons. The first-order valence-corrected chi connectivity index (χ1v) is 7.04. The predicted octanol–water partition coefficient (Wildman–Crippen LogP) is 3.73. The van der Waals surface area contributed by atoms with Crippen LogP contribution in [0.25, 0.3) is 0 Å². The van der Waals surface area contributed by atoms with Gasteiger partial charge in [0.25, 0.3) is 0 Å². The quantitative estimate of drug-likeness (QED) is 0.801. The lowest BCUT2D eigenvalue weighted by molar-refractivity contribution is 0.370. The summed E-state index contributed by atoms with van der Waals surface area (Å²) >= 11 is 1.83. The molecule has 90 valence electrons. The Balaban J connectivity index is 2.65. The summed E-state index contributed by atoms with van der Waals surface area (Å²) < 4.78 is 0. The van der Waals surface area contributed by atoms with Gasteiger partial charge in [0.1, 0.15) is 0 Å². The predicted molar refractivity (Wildman–Crippen MR) is 74.3 cm³/mol. The van der Waals surface area contributed by atoms with E-state index in [1.54, 1.807) is 0 Å². The zero-order valence-corrected chi connectivity index (χ0v) is 11.8. The molecule has 1 N–H and O–H groups in total. The summed E-state index contributed by atoms with van der Waals surface area (Å²) in [6.07, 6.45) is 3.23. The minimum atomic E-state index is 0.188. The Kier molecular flexibility index (Phi) is 4.88. The summed E-state index contributed by atoms with van der Waals surface area (Å²) in [5.41, 5.74) is 1.63. The Morgan fingerprint density at radius 1 is 1.25 bits per heavy atom. The normalized spacial score (nSPS) is 13.8. The molecule has 2 heteroatoms. The van der Waals surface area contributed by atoms with E-state index in [1.165, 1.54) is 10.5 Å². The molecule has 0 aliphatic carbocycles. The summed E-state index contributed by atoms with van der Waals surface area (Å²) in [6.45, 7) is 8.89. The van der Waals surface area contributed by atoms with Gasteiger partial charge in [0.15, 0.2) is 0 Å². The zero-order valence-electron chi connectivity index (χ0n) is 11.0. The van der Waals surface area contributed by atoms with Crippen molar-refractivity contribution < 1.29 is 0 Å². The lowest BCUT2D eigenvalue weighted by atomic mass is 10.0. The van der Waals surface area contributed by atoms with E-state index < -0.39 is 0 Å². The molecule has 0 aromatic heterocycles. The van der Waals surface area contributed by atoms with Crippen molar-refractivity contribution in [2.45, 2.75) is 50.6 Å². The summed E-state index contributed by atoms with van der Waals surface area (Å²) in [4.78, 5) is 1.39. The monoisotopic (exact) mass is 237 g/mol. The van der Waals surface area contributed by atoms with Gasteiger partial charge < -0.3 is 5.32 Å². The average molecular weight is 237 g/mol. The first-order valence-electron chi connectivity index (χ1n) is 5.82. The summed E-state index contributed by atoms with van der Waals surface area (Å²) in [7, 11) is 0. The van der Waals surface area contributed by atoms with E-state index in [4.69, 9.17) is 0 Å². The fourth-order valence-corrected chi connectivity index (χ4v) is 2.62. The second-order valence-corrected chi connectivity index (χ2v) is 6.16. The number of hydrogen-bond donors (Lipinski definition) is 1. The smallest absolute Gasteiger partial charge is 0.0102 e. The molecule has 1 rings (SSSR count). The first-order chi connectivity index (χ1) is 7.42. The Morgan fingerprint density at radius 3 is 2.44 bits per heavy atom. The molecule has 1 atom stereocenters. The highest BCUT2D eigenvalue weighted by Crippen LogP contribution is 2.21. The SMILES string of the molecule is CSc1ccccc1CC(C)NC(C)(C)C. The molecule has 16 heavy (non-hydrogen) atoms. The van der Waals surface area contributed by atoms with Crippen LogP contribution >= 0.6 is 11.8 Å². The van der Waals surface area contributed by atoms with Gasteiger partial charge in [-0.2, -0.15) is 0 Å². The molecule has 1 aromatic carbocycles. The third-order valence-electron chi connectivity index (χ3n) is 2.40. The summed E-state index contributed by atoms with van der Waals surface area (Å²) in [5, 5.41) is 3.61. The molecule has 0 heterocycles. The van der Waals surface area contributed by atoms with Gasteiger partial charge in [-0.05, 0) is 52.0 Å². The van der Waals surface area contributed by atoms with E-state index in [0.29, 0.717) is 6.04 Å². The minimum absolute atomic E-state index is 0.188. The van der Waals surface area contributed by atoms with E-state index in [1.807, 2.05) is 11.8 Å². The van der Waals surface area contributed by atoms with Crippen LogP contribution in [0.1, 0.15) is 33.3 Å². The lowest BCUT2D eigenvalue weighted by Gasteiger charge is -2.26. The van der Waals surface area contributed by atoms with Crippen molar-refractivity contribution in [3.63, 3.8) is 0 Å². The molecular weight excluding hydrogens is 214 g/mol. The van der Waals surface area contributed by atoms with Gasteiger partial charge in [-0.1, -0.05) is 18.2 Å². The van der Waals surface area contributed by atoms with Crippen LogP contribution < -0.4 is 5.32 Å². The van der Waals surface area contributed by atoms with Crippen LogP contribution in [0.4, 0.5) is 0 Å². The van der Waals surface area contributed by atoms with Crippen molar-refractivity contribution in [3.05, 3.63) is 29.8 Å². The maximum absolute atomic E-state index is 3.61.